The molecule has 0 radical (unpaired) electrons. The Balaban J connectivity index is 0.000000257. The Morgan fingerprint density at radius 2 is 1.12 bits per heavy atom. The molecule has 6 aliphatic rings. The molecule has 2 saturated heterocycles. The monoisotopic (exact) mass is 670 g/mol. The predicted octanol–water partition coefficient (Wildman–Crippen LogP) is 8.71. The van der Waals surface area contributed by atoms with Gasteiger partial charge in [0.15, 0.2) is 11.6 Å². The first-order valence-electron chi connectivity index (χ1n) is 17.6. The highest BCUT2D eigenvalue weighted by molar-refractivity contribution is 5.89. The maximum Gasteiger partial charge on any atom is 0.173 e. The van der Waals surface area contributed by atoms with E-state index in [1.54, 1.807) is 19.9 Å². The highest BCUT2D eigenvalue weighted by atomic mass is 16.7. The number of ether oxygens (including phenoxy) is 4. The van der Waals surface area contributed by atoms with Crippen molar-refractivity contribution in [3.63, 3.8) is 0 Å². The fourth-order valence-corrected chi connectivity index (χ4v) is 10.9. The van der Waals surface area contributed by atoms with Gasteiger partial charge in [-0.15, -0.1) is 19.7 Å². The van der Waals surface area contributed by atoms with Gasteiger partial charge in [0.05, 0.1) is 26.4 Å². The van der Waals surface area contributed by atoms with Crippen LogP contribution in [0.3, 0.4) is 0 Å². The molecule has 6 rings (SSSR count). The van der Waals surface area contributed by atoms with Gasteiger partial charge in [0, 0.05) is 47.3 Å². The van der Waals surface area contributed by atoms with E-state index < -0.39 is 22.4 Å². The van der Waals surface area contributed by atoms with E-state index in [0.717, 1.165) is 57.7 Å². The van der Waals surface area contributed by atoms with Crippen LogP contribution in [0.4, 0.5) is 0 Å². The Bertz CT molecular complexity index is 1240. The standard InChI is InChI=1S/C22H32O4.C17H26O3.2CH4/c1-6-19(4,15-23)14-17(24)20(5)16(3)8-9-21(7-2)10-11-22(18(20)21)25-12-13-26-22;1-5-16-7-6-12(2)15(4,13(3)18)14(16)17(9-8-16)19-10-11-20-17;;/h6-7,15-16,18H,1-2,8-14H2,3-5H3;5,12,14H,1,6-11H2,2-4H3;2*1H4/t16-,18?,19+,20+,21+;12-,14?,15+,16+;;/m11../s1. The zero-order valence-corrected chi connectivity index (χ0v) is 29.3. The SMILES string of the molecule is C.C.C=C[C@@]12CC[C@@H](C)[C@@](C)(C(C)=O)C1C1(CC2)OCCO1.C=C[C@](C)(C=O)CC(=O)[C@@]1(C)C2C3(CC[C@]2(C=C)CC[C@H]1C)OCCO3. The maximum absolute atomic E-state index is 13.7. The van der Waals surface area contributed by atoms with Gasteiger partial charge in [-0.1, -0.05) is 60.8 Å². The Morgan fingerprint density at radius 3 is 1.48 bits per heavy atom. The normalized spacial score (nSPS) is 41.3. The molecule has 2 unspecified atom stereocenters. The third-order valence-corrected chi connectivity index (χ3v) is 14.2. The molecular formula is C41H66O7. The maximum atomic E-state index is 13.7. The lowest BCUT2D eigenvalue weighted by Gasteiger charge is -2.55. The van der Waals surface area contributed by atoms with Crippen LogP contribution in [0, 0.1) is 50.7 Å². The van der Waals surface area contributed by atoms with Crippen molar-refractivity contribution in [3.8, 4) is 0 Å². The summed E-state index contributed by atoms with van der Waals surface area (Å²) in [4.78, 5) is 37.7. The number of hydrogen-bond acceptors (Lipinski definition) is 7. The number of rotatable bonds is 8. The largest absolute Gasteiger partial charge is 0.347 e. The number of ketones is 2. The van der Waals surface area contributed by atoms with Gasteiger partial charge in [-0.3, -0.25) is 9.59 Å². The molecule has 9 atom stereocenters. The predicted molar refractivity (Wildman–Crippen MR) is 191 cm³/mol. The Kier molecular flexibility index (Phi) is 11.8. The zero-order valence-electron chi connectivity index (χ0n) is 29.3. The van der Waals surface area contributed by atoms with Gasteiger partial charge >= 0.3 is 0 Å². The molecule has 0 aromatic carbocycles. The molecule has 0 aromatic heterocycles. The van der Waals surface area contributed by atoms with E-state index in [9.17, 15) is 14.4 Å². The summed E-state index contributed by atoms with van der Waals surface area (Å²) < 4.78 is 24.5. The van der Waals surface area contributed by atoms with E-state index in [-0.39, 0.29) is 66.8 Å². The summed E-state index contributed by atoms with van der Waals surface area (Å²) in [6.07, 6.45) is 14.5. The second-order valence-electron chi connectivity index (χ2n) is 16.2. The minimum Gasteiger partial charge on any atom is -0.347 e. The van der Waals surface area contributed by atoms with Crippen molar-refractivity contribution < 1.29 is 33.3 Å². The number of aldehydes is 1. The fraction of sp³-hybridized carbons (Fsp3) is 0.780. The number of fused-ring (bicyclic) bond motifs is 4. The molecule has 7 heteroatoms. The molecule has 4 saturated carbocycles. The van der Waals surface area contributed by atoms with Gasteiger partial charge in [0.2, 0.25) is 0 Å². The number of Topliss-reactive ketones (excluding diaryl/α,β-unsaturated/α-hetero) is 2. The summed E-state index contributed by atoms with van der Waals surface area (Å²) >= 11 is 0. The quantitative estimate of drug-likeness (QED) is 0.189. The van der Waals surface area contributed by atoms with E-state index in [2.05, 4.69) is 53.5 Å². The first kappa shape index (κ1) is 40.5. The van der Waals surface area contributed by atoms with Crippen LogP contribution in [0.25, 0.3) is 0 Å². The lowest BCUT2D eigenvalue weighted by molar-refractivity contribution is -0.233. The fourth-order valence-electron chi connectivity index (χ4n) is 10.9. The van der Waals surface area contributed by atoms with Gasteiger partial charge in [-0.2, -0.15) is 0 Å². The van der Waals surface area contributed by atoms with E-state index in [4.69, 9.17) is 18.9 Å². The van der Waals surface area contributed by atoms with E-state index in [0.29, 0.717) is 32.3 Å². The van der Waals surface area contributed by atoms with Crippen LogP contribution in [0.1, 0.15) is 114 Å². The van der Waals surface area contributed by atoms with Gasteiger partial charge < -0.3 is 23.7 Å². The average molecular weight is 671 g/mol. The highest BCUT2D eigenvalue weighted by Gasteiger charge is 2.70. The molecule has 2 spiro atoms. The van der Waals surface area contributed by atoms with Crippen molar-refractivity contribution in [1.29, 1.82) is 0 Å². The zero-order chi connectivity index (χ0) is 33.8. The van der Waals surface area contributed by atoms with Crippen LogP contribution >= 0.6 is 0 Å². The van der Waals surface area contributed by atoms with Crippen molar-refractivity contribution in [2.45, 2.75) is 126 Å². The summed E-state index contributed by atoms with van der Waals surface area (Å²) in [6, 6.07) is 0. The molecule has 2 heterocycles. The molecule has 0 aromatic rings. The Labute approximate surface area is 291 Å². The third kappa shape index (κ3) is 5.77. The molecule has 0 amide bonds. The molecule has 48 heavy (non-hydrogen) atoms. The van der Waals surface area contributed by atoms with Crippen molar-refractivity contribution in [2.24, 2.45) is 50.7 Å². The summed E-state index contributed by atoms with van der Waals surface area (Å²) in [6.45, 7) is 26.5. The summed E-state index contributed by atoms with van der Waals surface area (Å²) in [7, 11) is 0. The van der Waals surface area contributed by atoms with Crippen LogP contribution in [-0.2, 0) is 33.3 Å². The molecule has 6 fully saturated rings. The molecule has 0 N–H and O–H groups in total. The minimum atomic E-state index is -0.836. The number of carbonyl (C=O) groups is 3. The van der Waals surface area contributed by atoms with Crippen LogP contribution in [0.2, 0.25) is 0 Å². The topological polar surface area (TPSA) is 88.1 Å². The first-order chi connectivity index (χ1) is 21.6. The van der Waals surface area contributed by atoms with Crippen molar-refractivity contribution in [3.05, 3.63) is 38.0 Å². The lowest BCUT2D eigenvalue weighted by Crippen LogP contribution is -2.58. The first-order valence-corrected chi connectivity index (χ1v) is 17.6. The second kappa shape index (κ2) is 14.0. The van der Waals surface area contributed by atoms with Crippen molar-refractivity contribution >= 4 is 17.9 Å². The second-order valence-corrected chi connectivity index (χ2v) is 16.2. The Hall–Kier alpha value is -1.93. The number of allylic oxidation sites excluding steroid dienone is 3. The molecule has 2 aliphatic heterocycles. The van der Waals surface area contributed by atoms with Crippen LogP contribution in [0.15, 0.2) is 38.0 Å². The lowest BCUT2D eigenvalue weighted by atomic mass is 9.49. The molecule has 7 nitrogen and oxygen atoms in total. The van der Waals surface area contributed by atoms with Crippen LogP contribution in [-0.4, -0.2) is 55.9 Å². The van der Waals surface area contributed by atoms with Crippen LogP contribution < -0.4 is 0 Å². The number of hydrogen-bond donors (Lipinski definition) is 0. The van der Waals surface area contributed by atoms with Crippen LogP contribution in [0.5, 0.6) is 0 Å². The van der Waals surface area contributed by atoms with Crippen molar-refractivity contribution in [2.75, 3.05) is 26.4 Å². The molecular weight excluding hydrogens is 604 g/mol. The third-order valence-electron chi connectivity index (χ3n) is 14.2. The van der Waals surface area contributed by atoms with Gasteiger partial charge in [0.1, 0.15) is 17.9 Å². The van der Waals surface area contributed by atoms with E-state index in [1.165, 1.54) is 0 Å². The van der Waals surface area contributed by atoms with Gasteiger partial charge in [-0.25, -0.2) is 0 Å². The molecule has 4 aliphatic carbocycles. The molecule has 0 bridgehead atoms. The summed E-state index contributed by atoms with van der Waals surface area (Å²) in [5.41, 5.74) is -1.99. The van der Waals surface area contributed by atoms with E-state index >= 15 is 0 Å². The van der Waals surface area contributed by atoms with E-state index in [1.807, 2.05) is 6.08 Å². The molecule has 272 valence electrons. The van der Waals surface area contributed by atoms with Gasteiger partial charge in [0.25, 0.3) is 0 Å². The summed E-state index contributed by atoms with van der Waals surface area (Å²) in [5, 5.41) is 0. The average Bonchev–Trinajstić information content (AvgIpc) is 3.85. The minimum absolute atomic E-state index is 0. The van der Waals surface area contributed by atoms with Crippen molar-refractivity contribution in [1.82, 2.24) is 0 Å². The van der Waals surface area contributed by atoms with Gasteiger partial charge in [-0.05, 0) is 75.0 Å². The Morgan fingerprint density at radius 1 is 0.729 bits per heavy atom. The number of carbonyl (C=O) groups excluding carboxylic acids is 3. The highest BCUT2D eigenvalue weighted by Crippen LogP contribution is 2.69. The summed E-state index contributed by atoms with van der Waals surface area (Å²) in [5.74, 6) is -0.291. The smallest absolute Gasteiger partial charge is 0.173 e.